The molecule has 1 aromatic heterocycles. The zero-order valence-electron chi connectivity index (χ0n) is 26.4. The van der Waals surface area contributed by atoms with Crippen molar-refractivity contribution in [2.45, 2.75) is 51.6 Å². The number of fused-ring (bicyclic) bond motifs is 4. The minimum atomic E-state index is -1.03. The molecular weight excluding hydrogens is 609 g/mol. The molecule has 0 spiro atoms. The van der Waals surface area contributed by atoms with Crippen molar-refractivity contribution in [1.29, 1.82) is 0 Å². The van der Waals surface area contributed by atoms with Crippen LogP contribution in [0, 0.1) is 17.8 Å². The van der Waals surface area contributed by atoms with Gasteiger partial charge in [0.1, 0.15) is 18.1 Å². The number of likely N-dealkylation sites (tertiary alicyclic amines) is 1. The summed E-state index contributed by atoms with van der Waals surface area (Å²) in [6.45, 7) is 2.69. The number of phenolic OH excluding ortho intramolecular Hbond substituents is 1. The highest BCUT2D eigenvalue weighted by atomic mass is 32.1. The van der Waals surface area contributed by atoms with Gasteiger partial charge in [0.15, 0.2) is 0 Å². The van der Waals surface area contributed by atoms with Gasteiger partial charge in [0.25, 0.3) is 0 Å². The van der Waals surface area contributed by atoms with Crippen LogP contribution >= 0.6 is 11.3 Å². The number of hydrogen-bond donors (Lipinski definition) is 2. The second kappa shape index (κ2) is 13.5. The summed E-state index contributed by atoms with van der Waals surface area (Å²) in [5.74, 6) is -0.614. The summed E-state index contributed by atoms with van der Waals surface area (Å²) in [6.07, 6.45) is 4.63. The number of carbonyl (C=O) groups excluding carboxylic acids is 2. The summed E-state index contributed by atoms with van der Waals surface area (Å²) in [4.78, 5) is 30.2. The minimum absolute atomic E-state index is 0.139. The van der Waals surface area contributed by atoms with E-state index >= 15 is 0 Å². The summed E-state index contributed by atoms with van der Waals surface area (Å²) in [7, 11) is -1.03. The molecule has 7 nitrogen and oxygen atoms in total. The SMILES string of the molecule is CC/C(=C\c1ccc(O)c2ccccc12)CC[C@H]1OB(O)C[C@H]2C1=C(COc1ccccc1)C[C@H]1C(=O)N(Cc3cccs3)C(=O)[C@H]12. The molecule has 4 aromatic rings. The van der Waals surface area contributed by atoms with Crippen LogP contribution in [-0.2, 0) is 20.8 Å². The lowest BCUT2D eigenvalue weighted by Gasteiger charge is -2.43. The van der Waals surface area contributed by atoms with Crippen LogP contribution in [0.2, 0.25) is 6.32 Å². The van der Waals surface area contributed by atoms with Gasteiger partial charge in [-0.3, -0.25) is 14.5 Å². The molecule has 240 valence electrons. The smallest absolute Gasteiger partial charge is 0.455 e. The summed E-state index contributed by atoms with van der Waals surface area (Å²) in [5, 5.41) is 25.2. The van der Waals surface area contributed by atoms with Crippen LogP contribution < -0.4 is 4.74 Å². The Hall–Kier alpha value is -4.18. The molecule has 1 aliphatic carbocycles. The van der Waals surface area contributed by atoms with Gasteiger partial charge in [0, 0.05) is 10.3 Å². The Kier molecular flexibility index (Phi) is 9.03. The van der Waals surface area contributed by atoms with E-state index in [4.69, 9.17) is 9.39 Å². The highest BCUT2D eigenvalue weighted by Gasteiger charge is 2.57. The standard InChI is InChI=1S/C38H38BNO6S/c1-2-24(19-25-15-16-33(41)30-13-7-6-12-29(25)30)14-17-34-35-26(23-45-27-9-4-3-5-10-27)20-31-36(32(35)21-39(44)46-34)38(43)40(37(31)42)22-28-11-8-18-47-28/h3-13,15-16,18-19,31-32,34,36,41,44H,2,14,17,20-23H2,1H3/b24-19+/t31-,32+,34-,36-/m1/s1. The molecule has 3 aromatic carbocycles. The first-order valence-electron chi connectivity index (χ1n) is 16.4. The molecule has 3 aliphatic rings. The van der Waals surface area contributed by atoms with E-state index in [1.165, 1.54) is 21.8 Å². The third-order valence-corrected chi connectivity index (χ3v) is 10.8. The highest BCUT2D eigenvalue weighted by molar-refractivity contribution is 7.09. The predicted octanol–water partition coefficient (Wildman–Crippen LogP) is 7.26. The van der Waals surface area contributed by atoms with Gasteiger partial charge in [-0.1, -0.05) is 73.2 Å². The maximum absolute atomic E-state index is 14.0. The summed E-state index contributed by atoms with van der Waals surface area (Å²) < 4.78 is 12.5. The van der Waals surface area contributed by atoms with Gasteiger partial charge in [-0.2, -0.15) is 0 Å². The van der Waals surface area contributed by atoms with Crippen LogP contribution in [0.4, 0.5) is 0 Å². The fourth-order valence-electron chi connectivity index (χ4n) is 7.68. The third-order valence-electron chi connectivity index (χ3n) is 9.93. The number of allylic oxidation sites excluding steroid dienone is 1. The molecule has 2 amide bonds. The number of amides is 2. The molecule has 2 fully saturated rings. The van der Waals surface area contributed by atoms with Crippen molar-refractivity contribution in [3.05, 3.63) is 111 Å². The van der Waals surface area contributed by atoms with Crippen LogP contribution in [0.5, 0.6) is 11.5 Å². The molecule has 2 aliphatic heterocycles. The van der Waals surface area contributed by atoms with E-state index in [9.17, 15) is 19.7 Å². The van der Waals surface area contributed by atoms with Gasteiger partial charge in [0.05, 0.1) is 24.5 Å². The van der Waals surface area contributed by atoms with E-state index in [0.717, 1.165) is 51.0 Å². The van der Waals surface area contributed by atoms with Crippen molar-refractivity contribution in [3.8, 4) is 11.5 Å². The Morgan fingerprint density at radius 2 is 1.79 bits per heavy atom. The second-order valence-electron chi connectivity index (χ2n) is 12.7. The zero-order valence-corrected chi connectivity index (χ0v) is 27.2. The molecule has 7 rings (SSSR count). The lowest BCUT2D eigenvalue weighted by atomic mass is 9.58. The van der Waals surface area contributed by atoms with Crippen molar-refractivity contribution >= 4 is 47.1 Å². The number of phenols is 1. The summed E-state index contributed by atoms with van der Waals surface area (Å²) >= 11 is 1.54. The first-order chi connectivity index (χ1) is 22.9. The molecule has 0 saturated carbocycles. The molecule has 4 atom stereocenters. The molecule has 0 unspecified atom stereocenters. The minimum Gasteiger partial charge on any atom is -0.507 e. The Balaban J connectivity index is 1.20. The van der Waals surface area contributed by atoms with E-state index in [2.05, 4.69) is 13.0 Å². The van der Waals surface area contributed by atoms with Gasteiger partial charge in [-0.25, -0.2) is 0 Å². The molecule has 3 heterocycles. The van der Waals surface area contributed by atoms with Crippen LogP contribution in [-0.4, -0.2) is 46.7 Å². The Morgan fingerprint density at radius 3 is 2.55 bits per heavy atom. The molecular formula is C38H38BNO6S. The highest BCUT2D eigenvalue weighted by Crippen LogP contribution is 2.51. The van der Waals surface area contributed by atoms with Crippen LogP contribution in [0.15, 0.2) is 101 Å². The van der Waals surface area contributed by atoms with Gasteiger partial charge in [-0.15, -0.1) is 11.3 Å². The van der Waals surface area contributed by atoms with Crippen LogP contribution in [0.25, 0.3) is 16.8 Å². The summed E-state index contributed by atoms with van der Waals surface area (Å²) in [5.41, 5.74) is 4.25. The van der Waals surface area contributed by atoms with Crippen molar-refractivity contribution in [2.75, 3.05) is 6.61 Å². The van der Waals surface area contributed by atoms with Crippen molar-refractivity contribution < 1.29 is 29.1 Å². The van der Waals surface area contributed by atoms with Crippen LogP contribution in [0.3, 0.4) is 0 Å². The second-order valence-corrected chi connectivity index (χ2v) is 13.7. The Morgan fingerprint density at radius 1 is 1.00 bits per heavy atom. The monoisotopic (exact) mass is 647 g/mol. The van der Waals surface area contributed by atoms with Gasteiger partial charge in [-0.05, 0) is 89.7 Å². The number of aromatic hydroxyl groups is 1. The van der Waals surface area contributed by atoms with Gasteiger partial charge >= 0.3 is 7.12 Å². The number of carbonyl (C=O) groups is 2. The number of imide groups is 1. The van der Waals surface area contributed by atoms with E-state index in [-0.39, 0.29) is 43.0 Å². The number of thiophene rings is 1. The topological polar surface area (TPSA) is 96.3 Å². The molecule has 0 radical (unpaired) electrons. The van der Waals surface area contributed by atoms with E-state index < -0.39 is 25.1 Å². The number of hydrogen-bond acceptors (Lipinski definition) is 7. The number of benzene rings is 3. The molecule has 2 saturated heterocycles. The van der Waals surface area contributed by atoms with Crippen LogP contribution in [0.1, 0.15) is 43.0 Å². The van der Waals surface area contributed by atoms with Crippen molar-refractivity contribution in [1.82, 2.24) is 4.90 Å². The molecule has 2 N–H and O–H groups in total. The number of ether oxygens (including phenoxy) is 1. The maximum atomic E-state index is 14.0. The first kappa shape index (κ1) is 31.4. The fourth-order valence-corrected chi connectivity index (χ4v) is 8.38. The average molecular weight is 648 g/mol. The number of rotatable bonds is 10. The normalized spacial score (nSPS) is 23.0. The zero-order chi connectivity index (χ0) is 32.5. The number of nitrogens with zero attached hydrogens (tertiary/aromatic N) is 1. The van der Waals surface area contributed by atoms with Crippen molar-refractivity contribution in [3.63, 3.8) is 0 Å². The molecule has 0 bridgehead atoms. The average Bonchev–Trinajstić information content (AvgIpc) is 3.69. The Labute approximate surface area is 279 Å². The van der Waals surface area contributed by atoms with Gasteiger partial charge in [0.2, 0.25) is 11.8 Å². The largest absolute Gasteiger partial charge is 0.507 e. The quantitative estimate of drug-likeness (QED) is 0.107. The summed E-state index contributed by atoms with van der Waals surface area (Å²) in [6, 6.07) is 25.0. The molecule has 47 heavy (non-hydrogen) atoms. The lowest BCUT2D eigenvalue weighted by molar-refractivity contribution is -0.140. The third kappa shape index (κ3) is 6.27. The number of para-hydroxylation sites is 1. The maximum Gasteiger partial charge on any atom is 0.455 e. The molecule has 9 heteroatoms. The lowest BCUT2D eigenvalue weighted by Crippen LogP contribution is -2.46. The van der Waals surface area contributed by atoms with E-state index in [0.29, 0.717) is 12.8 Å². The fraction of sp³-hybridized carbons (Fsp3) is 0.316. The predicted molar refractivity (Wildman–Crippen MR) is 185 cm³/mol. The first-order valence-corrected chi connectivity index (χ1v) is 17.3. The van der Waals surface area contributed by atoms with Crippen molar-refractivity contribution in [2.24, 2.45) is 17.8 Å². The van der Waals surface area contributed by atoms with E-state index in [1.54, 1.807) is 6.07 Å². The Bertz CT molecular complexity index is 1840. The van der Waals surface area contributed by atoms with Gasteiger partial charge < -0.3 is 19.5 Å². The van der Waals surface area contributed by atoms with E-state index in [1.807, 2.05) is 78.2 Å².